The van der Waals surface area contributed by atoms with Crippen molar-refractivity contribution in [2.24, 2.45) is 0 Å². The number of aryl methyl sites for hydroxylation is 2. The maximum Gasteiger partial charge on any atom is 0.0463 e. The first kappa shape index (κ1) is 8.48. The maximum atomic E-state index is 4.26. The second-order valence-corrected chi connectivity index (χ2v) is 4.03. The van der Waals surface area contributed by atoms with Crippen LogP contribution >= 0.6 is 0 Å². The summed E-state index contributed by atoms with van der Waals surface area (Å²) >= 11 is 0. The number of fused-ring (bicyclic) bond motifs is 3. The van der Waals surface area contributed by atoms with Crippen LogP contribution in [0, 0.1) is 13.8 Å². The molecule has 0 atom stereocenters. The Morgan fingerprint density at radius 1 is 1.00 bits per heavy atom. The standard InChI is InChI=1S/C13H12N2/c1-8-6-14-7-12-10(8)3-4-13-11(12)5-9(2)15-13/h3-7,15H,1-2H3. The van der Waals surface area contributed by atoms with E-state index in [4.69, 9.17) is 0 Å². The fourth-order valence-electron chi connectivity index (χ4n) is 2.14. The third-order valence-electron chi connectivity index (χ3n) is 2.88. The summed E-state index contributed by atoms with van der Waals surface area (Å²) in [6.07, 6.45) is 3.85. The van der Waals surface area contributed by atoms with Gasteiger partial charge in [-0.05, 0) is 36.9 Å². The number of aromatic nitrogens is 2. The van der Waals surface area contributed by atoms with Crippen molar-refractivity contribution in [1.29, 1.82) is 0 Å². The maximum absolute atomic E-state index is 4.26. The summed E-state index contributed by atoms with van der Waals surface area (Å²) in [5.41, 5.74) is 3.61. The molecule has 0 saturated carbocycles. The van der Waals surface area contributed by atoms with Crippen molar-refractivity contribution in [3.05, 3.63) is 41.9 Å². The lowest BCUT2D eigenvalue weighted by Crippen LogP contribution is -1.81. The predicted octanol–water partition coefficient (Wildman–Crippen LogP) is 3.33. The number of aromatic amines is 1. The molecule has 0 radical (unpaired) electrons. The molecule has 2 heteroatoms. The van der Waals surface area contributed by atoms with Crippen LogP contribution in [0.5, 0.6) is 0 Å². The largest absolute Gasteiger partial charge is 0.359 e. The van der Waals surface area contributed by atoms with Crippen LogP contribution in [0.25, 0.3) is 21.7 Å². The summed E-state index contributed by atoms with van der Waals surface area (Å²) in [6.45, 7) is 4.18. The van der Waals surface area contributed by atoms with E-state index in [1.54, 1.807) is 0 Å². The second kappa shape index (κ2) is 2.83. The van der Waals surface area contributed by atoms with Crippen molar-refractivity contribution in [2.45, 2.75) is 13.8 Å². The molecule has 1 aromatic carbocycles. The molecule has 15 heavy (non-hydrogen) atoms. The SMILES string of the molecule is Cc1cc2c(ccc3c(C)cncc32)[nH]1. The van der Waals surface area contributed by atoms with Crippen LogP contribution in [0.1, 0.15) is 11.3 Å². The summed E-state index contributed by atoms with van der Waals surface area (Å²) in [5, 5.41) is 3.79. The lowest BCUT2D eigenvalue weighted by Gasteiger charge is -2.01. The molecule has 0 aliphatic carbocycles. The predicted molar refractivity (Wildman–Crippen MR) is 63.1 cm³/mol. The van der Waals surface area contributed by atoms with E-state index in [9.17, 15) is 0 Å². The van der Waals surface area contributed by atoms with E-state index in [1.807, 2.05) is 12.4 Å². The van der Waals surface area contributed by atoms with Gasteiger partial charge in [0, 0.05) is 34.4 Å². The molecule has 1 N–H and O–H groups in total. The summed E-state index contributed by atoms with van der Waals surface area (Å²) in [7, 11) is 0. The van der Waals surface area contributed by atoms with Gasteiger partial charge < -0.3 is 4.98 Å². The monoisotopic (exact) mass is 196 g/mol. The zero-order valence-electron chi connectivity index (χ0n) is 8.83. The van der Waals surface area contributed by atoms with Crippen molar-refractivity contribution < 1.29 is 0 Å². The number of nitrogens with one attached hydrogen (secondary N) is 1. The Balaban J connectivity index is 2.59. The van der Waals surface area contributed by atoms with Crippen LogP contribution < -0.4 is 0 Å². The van der Waals surface area contributed by atoms with E-state index >= 15 is 0 Å². The molecule has 0 amide bonds. The zero-order chi connectivity index (χ0) is 10.4. The minimum Gasteiger partial charge on any atom is -0.359 e. The molecule has 2 nitrogen and oxygen atoms in total. The van der Waals surface area contributed by atoms with E-state index in [0.29, 0.717) is 0 Å². The highest BCUT2D eigenvalue weighted by Crippen LogP contribution is 2.26. The van der Waals surface area contributed by atoms with Crippen LogP contribution in [0.15, 0.2) is 30.6 Å². The summed E-state index contributed by atoms with van der Waals surface area (Å²) < 4.78 is 0. The topological polar surface area (TPSA) is 28.7 Å². The van der Waals surface area contributed by atoms with Gasteiger partial charge in [0.2, 0.25) is 0 Å². The van der Waals surface area contributed by atoms with E-state index in [1.165, 1.54) is 32.9 Å². The minimum absolute atomic E-state index is 1.19. The molecular weight excluding hydrogens is 184 g/mol. The first-order valence-electron chi connectivity index (χ1n) is 5.08. The van der Waals surface area contributed by atoms with Gasteiger partial charge in [-0.1, -0.05) is 6.07 Å². The first-order valence-corrected chi connectivity index (χ1v) is 5.08. The van der Waals surface area contributed by atoms with Crippen LogP contribution in [0.4, 0.5) is 0 Å². The second-order valence-electron chi connectivity index (χ2n) is 4.03. The molecule has 3 aromatic rings. The van der Waals surface area contributed by atoms with E-state index < -0.39 is 0 Å². The molecule has 0 saturated heterocycles. The number of rotatable bonds is 0. The quantitative estimate of drug-likeness (QED) is 0.587. The number of benzene rings is 1. The molecule has 0 aliphatic rings. The average Bonchev–Trinajstić information content (AvgIpc) is 2.59. The number of hydrogen-bond acceptors (Lipinski definition) is 1. The fraction of sp³-hybridized carbons (Fsp3) is 0.154. The van der Waals surface area contributed by atoms with Crippen molar-refractivity contribution in [1.82, 2.24) is 9.97 Å². The Morgan fingerprint density at radius 3 is 2.73 bits per heavy atom. The van der Waals surface area contributed by atoms with Crippen LogP contribution in [-0.4, -0.2) is 9.97 Å². The Bertz CT molecular complexity index is 650. The van der Waals surface area contributed by atoms with E-state index in [2.05, 4.69) is 42.0 Å². The molecule has 0 fully saturated rings. The van der Waals surface area contributed by atoms with Gasteiger partial charge in [0.05, 0.1) is 0 Å². The Hall–Kier alpha value is -1.83. The molecule has 74 valence electrons. The number of pyridine rings is 1. The highest BCUT2D eigenvalue weighted by molar-refractivity contribution is 6.07. The van der Waals surface area contributed by atoms with Crippen LogP contribution in [-0.2, 0) is 0 Å². The van der Waals surface area contributed by atoms with Crippen molar-refractivity contribution in [2.75, 3.05) is 0 Å². The van der Waals surface area contributed by atoms with Crippen molar-refractivity contribution in [3.63, 3.8) is 0 Å². The summed E-state index contributed by atoms with van der Waals surface area (Å²) in [4.78, 5) is 7.60. The molecule has 0 aliphatic heterocycles. The third-order valence-corrected chi connectivity index (χ3v) is 2.88. The van der Waals surface area contributed by atoms with E-state index in [-0.39, 0.29) is 0 Å². The fourth-order valence-corrected chi connectivity index (χ4v) is 2.14. The number of H-pyrrole nitrogens is 1. The van der Waals surface area contributed by atoms with Crippen molar-refractivity contribution in [3.8, 4) is 0 Å². The van der Waals surface area contributed by atoms with Gasteiger partial charge in [-0.3, -0.25) is 4.98 Å². The normalized spacial score (nSPS) is 11.3. The molecule has 0 bridgehead atoms. The molecule has 2 aromatic heterocycles. The third kappa shape index (κ3) is 1.14. The van der Waals surface area contributed by atoms with Gasteiger partial charge in [0.15, 0.2) is 0 Å². The summed E-state index contributed by atoms with van der Waals surface area (Å²) in [5.74, 6) is 0. The van der Waals surface area contributed by atoms with Crippen LogP contribution in [0.2, 0.25) is 0 Å². The Kier molecular flexibility index (Phi) is 1.60. The number of hydrogen-bond donors (Lipinski definition) is 1. The molecular formula is C13H12N2. The van der Waals surface area contributed by atoms with Gasteiger partial charge >= 0.3 is 0 Å². The average molecular weight is 196 g/mol. The molecule has 2 heterocycles. The first-order chi connectivity index (χ1) is 7.25. The van der Waals surface area contributed by atoms with Gasteiger partial charge in [0.25, 0.3) is 0 Å². The lowest BCUT2D eigenvalue weighted by molar-refractivity contribution is 1.30. The molecule has 0 spiro atoms. The molecule has 3 rings (SSSR count). The molecule has 0 unspecified atom stereocenters. The smallest absolute Gasteiger partial charge is 0.0463 e. The van der Waals surface area contributed by atoms with Crippen molar-refractivity contribution >= 4 is 21.7 Å². The number of nitrogens with zero attached hydrogens (tertiary/aromatic N) is 1. The highest BCUT2D eigenvalue weighted by Gasteiger charge is 2.04. The zero-order valence-corrected chi connectivity index (χ0v) is 8.83. The highest BCUT2D eigenvalue weighted by atomic mass is 14.7. The Morgan fingerprint density at radius 2 is 1.87 bits per heavy atom. The van der Waals surface area contributed by atoms with E-state index in [0.717, 1.165) is 0 Å². The summed E-state index contributed by atoms with van der Waals surface area (Å²) in [6, 6.07) is 6.47. The lowest BCUT2D eigenvalue weighted by atomic mass is 10.1. The van der Waals surface area contributed by atoms with Gasteiger partial charge in [-0.2, -0.15) is 0 Å². The van der Waals surface area contributed by atoms with Gasteiger partial charge in [-0.15, -0.1) is 0 Å². The Labute approximate surface area is 88.0 Å². The minimum atomic E-state index is 1.19. The van der Waals surface area contributed by atoms with Gasteiger partial charge in [0.1, 0.15) is 0 Å². The van der Waals surface area contributed by atoms with Crippen LogP contribution in [0.3, 0.4) is 0 Å². The van der Waals surface area contributed by atoms with Gasteiger partial charge in [-0.25, -0.2) is 0 Å².